The molecule has 0 atom stereocenters. The predicted molar refractivity (Wildman–Crippen MR) is 108 cm³/mol. The van der Waals surface area contributed by atoms with Gasteiger partial charge in [0, 0.05) is 18.7 Å². The van der Waals surface area contributed by atoms with Crippen LogP contribution in [0.4, 0.5) is 0 Å². The molecule has 0 aliphatic rings. The van der Waals surface area contributed by atoms with E-state index in [0.717, 1.165) is 0 Å². The van der Waals surface area contributed by atoms with Crippen LogP contribution in [0.1, 0.15) is 17.1 Å². The van der Waals surface area contributed by atoms with Crippen LogP contribution in [0.25, 0.3) is 22.5 Å². The molecule has 9 heteroatoms. The molecular formula is C21H20N4O5. The molecule has 0 saturated heterocycles. The van der Waals surface area contributed by atoms with Crippen LogP contribution >= 0.6 is 0 Å². The summed E-state index contributed by atoms with van der Waals surface area (Å²) in [6.45, 7) is 1.87. The van der Waals surface area contributed by atoms with Crippen molar-refractivity contribution in [3.63, 3.8) is 0 Å². The third-order valence-corrected chi connectivity index (χ3v) is 4.56. The maximum absolute atomic E-state index is 12.6. The molecule has 9 nitrogen and oxygen atoms in total. The number of nitrogens with zero attached hydrogens (tertiary/aromatic N) is 3. The van der Waals surface area contributed by atoms with Gasteiger partial charge in [0.25, 0.3) is 0 Å². The van der Waals surface area contributed by atoms with Gasteiger partial charge >= 0.3 is 0 Å². The molecule has 0 aliphatic heterocycles. The van der Waals surface area contributed by atoms with Crippen molar-refractivity contribution in [1.29, 1.82) is 0 Å². The first-order valence-electron chi connectivity index (χ1n) is 9.26. The third kappa shape index (κ3) is 3.82. The van der Waals surface area contributed by atoms with Crippen LogP contribution in [-0.2, 0) is 24.8 Å². The number of rotatable bonds is 6. The van der Waals surface area contributed by atoms with Gasteiger partial charge in [0.2, 0.25) is 16.9 Å². The van der Waals surface area contributed by atoms with Crippen LogP contribution in [0.3, 0.4) is 0 Å². The summed E-state index contributed by atoms with van der Waals surface area (Å²) < 4.78 is 18.4. The number of carbonyl (C=O) groups is 1. The summed E-state index contributed by atoms with van der Waals surface area (Å²) in [4.78, 5) is 29.1. The number of hydrogen-bond acceptors (Lipinski definition) is 7. The number of fused-ring (bicyclic) bond motifs is 1. The lowest BCUT2D eigenvalue weighted by Crippen LogP contribution is -2.25. The minimum atomic E-state index is -0.298. The lowest BCUT2D eigenvalue weighted by Gasteiger charge is -2.05. The number of carbonyl (C=O) groups excluding carboxylic acids is 1. The van der Waals surface area contributed by atoms with Gasteiger partial charge in [-0.15, -0.1) is 0 Å². The number of aromatic nitrogens is 3. The van der Waals surface area contributed by atoms with E-state index in [1.54, 1.807) is 56.4 Å². The Kier molecular flexibility index (Phi) is 5.09. The molecular weight excluding hydrogens is 388 g/mol. The van der Waals surface area contributed by atoms with Gasteiger partial charge in [-0.1, -0.05) is 0 Å². The summed E-state index contributed by atoms with van der Waals surface area (Å²) >= 11 is 0. The number of hydrogen-bond donors (Lipinski definition) is 1. The predicted octanol–water partition coefficient (Wildman–Crippen LogP) is 2.36. The number of benzene rings is 1. The lowest BCUT2D eigenvalue weighted by molar-refractivity contribution is -0.120. The Hall–Kier alpha value is -3.88. The van der Waals surface area contributed by atoms with E-state index in [4.69, 9.17) is 13.6 Å². The Morgan fingerprint density at radius 2 is 1.97 bits per heavy atom. The molecule has 4 aromatic rings. The normalized spacial score (nSPS) is 11.0. The van der Waals surface area contributed by atoms with Crippen molar-refractivity contribution >= 4 is 17.1 Å². The van der Waals surface area contributed by atoms with Gasteiger partial charge in [-0.05, 0) is 31.2 Å². The average molecular weight is 408 g/mol. The molecule has 0 unspecified atom stereocenters. The molecule has 0 radical (unpaired) electrons. The largest absolute Gasteiger partial charge is 0.497 e. The van der Waals surface area contributed by atoms with E-state index < -0.39 is 0 Å². The Bertz CT molecular complexity index is 1270. The number of nitrogens with one attached hydrogen (secondary N) is 1. The first-order valence-corrected chi connectivity index (χ1v) is 9.26. The van der Waals surface area contributed by atoms with Crippen LogP contribution < -0.4 is 15.5 Å². The van der Waals surface area contributed by atoms with Gasteiger partial charge in [0.15, 0.2) is 11.4 Å². The van der Waals surface area contributed by atoms with Gasteiger partial charge in [0.1, 0.15) is 23.6 Å². The second kappa shape index (κ2) is 7.86. The first kappa shape index (κ1) is 19.4. The van der Waals surface area contributed by atoms with E-state index in [2.05, 4.69) is 15.4 Å². The average Bonchev–Trinajstić information content (AvgIpc) is 3.30. The highest BCUT2D eigenvalue weighted by Gasteiger charge is 2.23. The summed E-state index contributed by atoms with van der Waals surface area (Å²) in [7, 11) is 3.33. The maximum Gasteiger partial charge on any atom is 0.228 e. The molecule has 1 N–H and O–H groups in total. The molecule has 0 aliphatic carbocycles. The zero-order valence-corrected chi connectivity index (χ0v) is 16.8. The Balaban J connectivity index is 1.70. The van der Waals surface area contributed by atoms with Crippen molar-refractivity contribution < 1.29 is 18.4 Å². The van der Waals surface area contributed by atoms with Crippen LogP contribution in [-0.4, -0.2) is 27.8 Å². The van der Waals surface area contributed by atoms with E-state index >= 15 is 0 Å². The summed E-state index contributed by atoms with van der Waals surface area (Å²) in [6, 6.07) is 8.51. The van der Waals surface area contributed by atoms with E-state index in [1.165, 1.54) is 6.07 Å². The summed E-state index contributed by atoms with van der Waals surface area (Å²) in [6.07, 6.45) is 1.53. The first-order chi connectivity index (χ1) is 14.4. The van der Waals surface area contributed by atoms with Gasteiger partial charge in [-0.25, -0.2) is 4.98 Å². The molecule has 0 spiro atoms. The fourth-order valence-electron chi connectivity index (χ4n) is 3.16. The molecule has 0 bridgehead atoms. The van der Waals surface area contributed by atoms with Gasteiger partial charge in [-0.3, -0.25) is 14.3 Å². The zero-order valence-electron chi connectivity index (χ0n) is 16.8. The quantitative estimate of drug-likeness (QED) is 0.521. The number of amides is 1. The van der Waals surface area contributed by atoms with Crippen molar-refractivity contribution in [2.24, 2.45) is 7.05 Å². The van der Waals surface area contributed by atoms with Crippen molar-refractivity contribution in [2.45, 2.75) is 19.9 Å². The highest BCUT2D eigenvalue weighted by molar-refractivity contribution is 5.90. The number of methoxy groups -OCH3 is 1. The minimum absolute atomic E-state index is 0.0341. The van der Waals surface area contributed by atoms with Crippen LogP contribution in [0.15, 0.2) is 50.3 Å². The lowest BCUT2D eigenvalue weighted by atomic mass is 10.1. The molecule has 3 heterocycles. The topological polar surface area (TPSA) is 112 Å². The molecule has 30 heavy (non-hydrogen) atoms. The van der Waals surface area contributed by atoms with Crippen molar-refractivity contribution in [3.05, 3.63) is 64.0 Å². The van der Waals surface area contributed by atoms with Gasteiger partial charge in [0.05, 0.1) is 25.6 Å². The molecule has 0 fully saturated rings. The number of ether oxygens (including phenoxy) is 1. The molecule has 3 aromatic heterocycles. The third-order valence-electron chi connectivity index (χ3n) is 4.56. The minimum Gasteiger partial charge on any atom is -0.497 e. The number of furan rings is 1. The summed E-state index contributed by atoms with van der Waals surface area (Å²) in [5, 5.41) is 6.92. The Morgan fingerprint density at radius 1 is 1.20 bits per heavy atom. The Labute approximate surface area is 171 Å². The molecule has 154 valence electrons. The van der Waals surface area contributed by atoms with E-state index in [-0.39, 0.29) is 35.5 Å². The second-order valence-corrected chi connectivity index (χ2v) is 6.81. The number of aryl methyl sites for hydroxylation is 2. The zero-order chi connectivity index (χ0) is 21.3. The van der Waals surface area contributed by atoms with E-state index in [0.29, 0.717) is 34.2 Å². The van der Waals surface area contributed by atoms with Crippen molar-refractivity contribution in [3.8, 4) is 17.1 Å². The molecule has 0 saturated carbocycles. The molecule has 4 rings (SSSR count). The van der Waals surface area contributed by atoms with Crippen LogP contribution in [0.2, 0.25) is 0 Å². The van der Waals surface area contributed by atoms with E-state index in [1.807, 2.05) is 0 Å². The highest BCUT2D eigenvalue weighted by atomic mass is 16.5. The standard InChI is InChI=1S/C21H20N4O5/c1-12-8-16(26)21-20(29-12)15(9-18(27)22-10-17-23-11-25(2)24-17)19(30-21)13-4-6-14(28-3)7-5-13/h4-8,11H,9-10H2,1-3H3,(H,22,27). The van der Waals surface area contributed by atoms with E-state index in [9.17, 15) is 9.59 Å². The SMILES string of the molecule is COc1ccc(-c2oc3c(=O)cc(C)oc3c2CC(=O)NCc2ncn(C)n2)cc1. The highest BCUT2D eigenvalue weighted by Crippen LogP contribution is 2.34. The molecule has 1 amide bonds. The van der Waals surface area contributed by atoms with Gasteiger partial charge in [-0.2, -0.15) is 5.10 Å². The van der Waals surface area contributed by atoms with Crippen molar-refractivity contribution in [1.82, 2.24) is 20.1 Å². The maximum atomic E-state index is 12.6. The smallest absolute Gasteiger partial charge is 0.228 e. The van der Waals surface area contributed by atoms with Crippen LogP contribution in [0.5, 0.6) is 5.75 Å². The summed E-state index contributed by atoms with van der Waals surface area (Å²) in [5.74, 6) is 1.76. The van der Waals surface area contributed by atoms with Crippen molar-refractivity contribution in [2.75, 3.05) is 7.11 Å². The second-order valence-electron chi connectivity index (χ2n) is 6.81. The fraction of sp³-hybridized carbons (Fsp3) is 0.238. The van der Waals surface area contributed by atoms with Gasteiger partial charge < -0.3 is 18.9 Å². The summed E-state index contributed by atoms with van der Waals surface area (Å²) in [5.41, 5.74) is 1.27. The van der Waals surface area contributed by atoms with Crippen LogP contribution in [0, 0.1) is 6.92 Å². The fourth-order valence-corrected chi connectivity index (χ4v) is 3.16. The molecule has 1 aromatic carbocycles. The Morgan fingerprint density at radius 3 is 2.63 bits per heavy atom. The monoisotopic (exact) mass is 408 g/mol.